The fourth-order valence-electron chi connectivity index (χ4n) is 1.73. The third-order valence-corrected chi connectivity index (χ3v) is 3.31. The van der Waals surface area contributed by atoms with Crippen LogP contribution >= 0.6 is 22.6 Å². The number of aromatic carboxylic acids is 1. The van der Waals surface area contributed by atoms with Gasteiger partial charge < -0.3 is 16.2 Å². The van der Waals surface area contributed by atoms with Crippen molar-refractivity contribution in [3.63, 3.8) is 0 Å². The molecule has 0 spiro atoms. The van der Waals surface area contributed by atoms with E-state index in [1.165, 1.54) is 4.68 Å². The van der Waals surface area contributed by atoms with Crippen LogP contribution in [0.3, 0.4) is 0 Å². The number of aromatic nitrogens is 3. The Morgan fingerprint density at radius 1 is 1.43 bits per heavy atom. The van der Waals surface area contributed by atoms with Gasteiger partial charge in [0.1, 0.15) is 6.54 Å². The fourth-order valence-corrected chi connectivity index (χ4v) is 2.27. The van der Waals surface area contributed by atoms with E-state index in [4.69, 9.17) is 10.8 Å². The lowest BCUT2D eigenvalue weighted by atomic mass is 10.3. The Morgan fingerprint density at radius 2 is 2.19 bits per heavy atom. The van der Waals surface area contributed by atoms with Crippen molar-refractivity contribution in [1.29, 1.82) is 0 Å². The first kappa shape index (κ1) is 15.4. The second kappa shape index (κ2) is 6.63. The van der Waals surface area contributed by atoms with Crippen molar-refractivity contribution in [3.05, 3.63) is 39.2 Å². The second-order valence-electron chi connectivity index (χ2n) is 4.11. The predicted octanol–water partition coefficient (Wildman–Crippen LogP) is 0.678. The van der Waals surface area contributed by atoms with Crippen molar-refractivity contribution in [2.24, 2.45) is 5.73 Å². The van der Waals surface area contributed by atoms with E-state index in [0.29, 0.717) is 5.69 Å². The number of hydrogen-bond donors (Lipinski definition) is 3. The summed E-state index contributed by atoms with van der Waals surface area (Å²) in [5, 5.41) is 18.8. The quantitative estimate of drug-likeness (QED) is 0.634. The van der Waals surface area contributed by atoms with Crippen LogP contribution in [0.4, 0.5) is 5.69 Å². The molecule has 21 heavy (non-hydrogen) atoms. The number of anilines is 1. The summed E-state index contributed by atoms with van der Waals surface area (Å²) in [7, 11) is 0. The molecule has 0 fully saturated rings. The molecule has 1 aromatic carbocycles. The molecule has 0 bridgehead atoms. The summed E-state index contributed by atoms with van der Waals surface area (Å²) in [6.45, 7) is -0.219. The number of halogens is 1. The molecule has 1 aromatic heterocycles. The van der Waals surface area contributed by atoms with Gasteiger partial charge in [-0.15, -0.1) is 5.10 Å². The van der Waals surface area contributed by atoms with E-state index >= 15 is 0 Å². The molecular formula is C12H12IN5O3. The molecule has 8 nitrogen and oxygen atoms in total. The van der Waals surface area contributed by atoms with Crippen molar-refractivity contribution >= 4 is 40.2 Å². The van der Waals surface area contributed by atoms with Gasteiger partial charge in [-0.2, -0.15) is 0 Å². The molecule has 0 aliphatic rings. The van der Waals surface area contributed by atoms with E-state index in [9.17, 15) is 9.59 Å². The first-order valence-electron chi connectivity index (χ1n) is 5.92. The number of rotatable bonds is 5. The molecule has 0 saturated carbocycles. The summed E-state index contributed by atoms with van der Waals surface area (Å²) in [5.74, 6) is -1.56. The molecule has 9 heteroatoms. The molecule has 1 amide bonds. The minimum Gasteiger partial charge on any atom is -0.476 e. The number of hydrogen-bond acceptors (Lipinski definition) is 5. The molecule has 4 N–H and O–H groups in total. The van der Waals surface area contributed by atoms with Crippen molar-refractivity contribution in [2.45, 2.75) is 13.1 Å². The van der Waals surface area contributed by atoms with Crippen LogP contribution < -0.4 is 11.1 Å². The normalized spacial score (nSPS) is 10.4. The molecule has 0 aliphatic heterocycles. The van der Waals surface area contributed by atoms with Gasteiger partial charge in [0.15, 0.2) is 5.69 Å². The van der Waals surface area contributed by atoms with Gasteiger partial charge in [-0.3, -0.25) is 4.79 Å². The van der Waals surface area contributed by atoms with Crippen LogP contribution in [0.5, 0.6) is 0 Å². The van der Waals surface area contributed by atoms with E-state index in [1.54, 1.807) is 6.07 Å². The average molecular weight is 401 g/mol. The van der Waals surface area contributed by atoms with E-state index in [1.807, 2.05) is 18.2 Å². The van der Waals surface area contributed by atoms with Crippen LogP contribution in [-0.2, 0) is 17.9 Å². The Balaban J connectivity index is 2.11. The number of amides is 1. The van der Waals surface area contributed by atoms with Crippen LogP contribution in [0, 0.1) is 3.57 Å². The summed E-state index contributed by atoms with van der Waals surface area (Å²) in [6, 6.07) is 7.29. The number of carbonyl (C=O) groups is 2. The maximum absolute atomic E-state index is 12.0. The summed E-state index contributed by atoms with van der Waals surface area (Å²) < 4.78 is 2.18. The zero-order valence-electron chi connectivity index (χ0n) is 10.8. The molecule has 110 valence electrons. The monoisotopic (exact) mass is 401 g/mol. The lowest BCUT2D eigenvalue weighted by Crippen LogP contribution is -2.22. The highest BCUT2D eigenvalue weighted by Gasteiger charge is 2.19. The molecule has 0 radical (unpaired) electrons. The van der Waals surface area contributed by atoms with Crippen molar-refractivity contribution in [1.82, 2.24) is 15.0 Å². The zero-order chi connectivity index (χ0) is 15.4. The Hall–Kier alpha value is -2.01. The summed E-state index contributed by atoms with van der Waals surface area (Å²) in [5.41, 5.74) is 6.11. The van der Waals surface area contributed by atoms with Crippen molar-refractivity contribution in [2.75, 3.05) is 5.32 Å². The zero-order valence-corrected chi connectivity index (χ0v) is 12.9. The SMILES string of the molecule is NCc1c(C(=O)O)nnn1CC(=O)Nc1cccc(I)c1. The van der Waals surface area contributed by atoms with Crippen LogP contribution in [0.2, 0.25) is 0 Å². The van der Waals surface area contributed by atoms with Crippen LogP contribution in [0.15, 0.2) is 24.3 Å². The first-order valence-corrected chi connectivity index (χ1v) is 7.00. The van der Waals surface area contributed by atoms with Gasteiger partial charge in [-0.25, -0.2) is 9.48 Å². The third-order valence-electron chi connectivity index (χ3n) is 2.64. The van der Waals surface area contributed by atoms with Crippen LogP contribution in [0.25, 0.3) is 0 Å². The number of carboxylic acid groups (broad SMARTS) is 1. The summed E-state index contributed by atoms with van der Waals surface area (Å²) >= 11 is 2.14. The molecular weight excluding hydrogens is 389 g/mol. The van der Waals surface area contributed by atoms with Gasteiger partial charge >= 0.3 is 5.97 Å². The van der Waals surface area contributed by atoms with Gasteiger partial charge in [-0.1, -0.05) is 11.3 Å². The van der Waals surface area contributed by atoms with E-state index in [-0.39, 0.29) is 30.4 Å². The van der Waals surface area contributed by atoms with Crippen molar-refractivity contribution in [3.8, 4) is 0 Å². The first-order chi connectivity index (χ1) is 10.0. The summed E-state index contributed by atoms with van der Waals surface area (Å²) in [4.78, 5) is 22.9. The number of nitrogens with zero attached hydrogens (tertiary/aromatic N) is 3. The van der Waals surface area contributed by atoms with Gasteiger partial charge in [0.05, 0.1) is 5.69 Å². The lowest BCUT2D eigenvalue weighted by molar-refractivity contribution is -0.117. The van der Waals surface area contributed by atoms with E-state index in [0.717, 1.165) is 3.57 Å². The molecule has 0 atom stereocenters. The lowest BCUT2D eigenvalue weighted by Gasteiger charge is -2.07. The molecule has 2 aromatic rings. The van der Waals surface area contributed by atoms with Gasteiger partial charge in [-0.05, 0) is 40.8 Å². The smallest absolute Gasteiger partial charge is 0.358 e. The maximum atomic E-state index is 12.0. The fraction of sp³-hybridized carbons (Fsp3) is 0.167. The molecule has 0 saturated heterocycles. The van der Waals surface area contributed by atoms with Gasteiger partial charge in [0.2, 0.25) is 5.91 Å². The molecule has 1 heterocycles. The van der Waals surface area contributed by atoms with E-state index in [2.05, 4.69) is 38.2 Å². The molecule has 2 rings (SSSR count). The minimum absolute atomic E-state index is 0.0643. The number of carbonyl (C=O) groups excluding carboxylic acids is 1. The highest BCUT2D eigenvalue weighted by Crippen LogP contribution is 2.12. The van der Waals surface area contributed by atoms with E-state index < -0.39 is 5.97 Å². The number of carboxylic acids is 1. The number of nitrogens with two attached hydrogens (primary N) is 1. The van der Waals surface area contributed by atoms with Gasteiger partial charge in [0.25, 0.3) is 0 Å². The van der Waals surface area contributed by atoms with Crippen molar-refractivity contribution < 1.29 is 14.7 Å². The minimum atomic E-state index is -1.22. The number of benzene rings is 1. The second-order valence-corrected chi connectivity index (χ2v) is 5.36. The summed E-state index contributed by atoms with van der Waals surface area (Å²) in [6.07, 6.45) is 0. The average Bonchev–Trinajstić information content (AvgIpc) is 2.81. The Morgan fingerprint density at radius 3 is 2.81 bits per heavy atom. The standard InChI is InChI=1S/C12H12IN5O3/c13-7-2-1-3-8(4-7)15-10(19)6-18-9(5-14)11(12(20)21)16-17-18/h1-4H,5-6,14H2,(H,15,19)(H,20,21). The highest BCUT2D eigenvalue weighted by molar-refractivity contribution is 14.1. The highest BCUT2D eigenvalue weighted by atomic mass is 127. The Labute approximate surface area is 133 Å². The predicted molar refractivity (Wildman–Crippen MR) is 82.7 cm³/mol. The number of nitrogens with one attached hydrogen (secondary N) is 1. The topological polar surface area (TPSA) is 123 Å². The van der Waals surface area contributed by atoms with Gasteiger partial charge in [0, 0.05) is 15.8 Å². The van der Waals surface area contributed by atoms with Crippen LogP contribution in [0.1, 0.15) is 16.2 Å². The largest absolute Gasteiger partial charge is 0.476 e. The molecule has 0 aliphatic carbocycles. The Kier molecular flexibility index (Phi) is 4.85. The van der Waals surface area contributed by atoms with Crippen LogP contribution in [-0.4, -0.2) is 32.0 Å². The maximum Gasteiger partial charge on any atom is 0.358 e. The molecule has 0 unspecified atom stereocenters. The third kappa shape index (κ3) is 3.76. The Bertz CT molecular complexity index is 685.